The Kier molecular flexibility index (Phi) is 3.62. The third kappa shape index (κ3) is 2.89. The normalized spacial score (nSPS) is 19.0. The van der Waals surface area contributed by atoms with Crippen LogP contribution >= 0.6 is 15.9 Å². The van der Waals surface area contributed by atoms with E-state index in [4.69, 9.17) is 0 Å². The lowest BCUT2D eigenvalue weighted by Crippen LogP contribution is -2.28. The van der Waals surface area contributed by atoms with E-state index < -0.39 is 0 Å². The summed E-state index contributed by atoms with van der Waals surface area (Å²) in [5.41, 5.74) is 2.74. The average Bonchev–Trinajstić information content (AvgIpc) is 3.23. The second kappa shape index (κ2) is 5.22. The molecule has 0 spiro atoms. The van der Waals surface area contributed by atoms with Crippen LogP contribution in [0.5, 0.6) is 0 Å². The van der Waals surface area contributed by atoms with Crippen LogP contribution in [0.1, 0.15) is 31.2 Å². The minimum atomic E-state index is 0.813. The van der Waals surface area contributed by atoms with Gasteiger partial charge in [0, 0.05) is 29.3 Å². The first-order valence-corrected chi connectivity index (χ1v) is 7.77. The lowest BCUT2D eigenvalue weighted by molar-refractivity contribution is 0.718. The van der Waals surface area contributed by atoms with E-state index in [-0.39, 0.29) is 0 Å². The Morgan fingerprint density at radius 3 is 2.61 bits per heavy atom. The summed E-state index contributed by atoms with van der Waals surface area (Å²) in [5, 5.41) is 3.21. The summed E-state index contributed by atoms with van der Waals surface area (Å²) >= 11 is 3.70. The molecule has 2 nitrogen and oxygen atoms in total. The van der Waals surface area contributed by atoms with E-state index in [0.29, 0.717) is 0 Å². The Bertz CT molecular complexity index is 425. The van der Waals surface area contributed by atoms with E-state index in [9.17, 15) is 0 Å². The van der Waals surface area contributed by atoms with Gasteiger partial charge in [-0.3, -0.25) is 0 Å². The molecule has 2 fully saturated rings. The Morgan fingerprint density at radius 1 is 1.28 bits per heavy atom. The zero-order chi connectivity index (χ0) is 12.5. The third-order valence-electron chi connectivity index (χ3n) is 3.87. The molecule has 0 atom stereocenters. The van der Waals surface area contributed by atoms with Crippen LogP contribution in [0.3, 0.4) is 0 Å². The number of anilines is 1. The molecule has 1 aromatic rings. The molecule has 2 aliphatic rings. The number of nitrogens with one attached hydrogen (secondary N) is 1. The monoisotopic (exact) mass is 308 g/mol. The highest BCUT2D eigenvalue weighted by Crippen LogP contribution is 2.38. The van der Waals surface area contributed by atoms with Gasteiger partial charge in [-0.1, -0.05) is 22.0 Å². The quantitative estimate of drug-likeness (QED) is 0.864. The van der Waals surface area contributed by atoms with Crippen molar-refractivity contribution in [3.05, 3.63) is 28.2 Å². The SMILES string of the molecule is CNCc1ccc(N(CC2CC2)C2CC2)cc1Br. The van der Waals surface area contributed by atoms with Crippen LogP contribution in [0.4, 0.5) is 5.69 Å². The molecular formula is C15H21BrN2. The van der Waals surface area contributed by atoms with E-state index >= 15 is 0 Å². The zero-order valence-electron chi connectivity index (χ0n) is 11.0. The molecule has 0 amide bonds. The molecule has 3 rings (SSSR count). The van der Waals surface area contributed by atoms with Gasteiger partial charge >= 0.3 is 0 Å². The molecule has 2 aliphatic carbocycles. The van der Waals surface area contributed by atoms with E-state index in [1.807, 2.05) is 7.05 Å². The summed E-state index contributed by atoms with van der Waals surface area (Å²) < 4.78 is 1.23. The van der Waals surface area contributed by atoms with Crippen molar-refractivity contribution in [1.29, 1.82) is 0 Å². The first kappa shape index (κ1) is 12.5. The molecule has 2 saturated carbocycles. The molecule has 0 aliphatic heterocycles. The number of benzene rings is 1. The molecule has 0 saturated heterocycles. The standard InChI is InChI=1S/C15H21BrN2/c1-17-9-12-4-5-14(8-15(12)16)18(13-6-7-13)10-11-2-3-11/h4-5,8,11,13,17H,2-3,6-7,9-10H2,1H3. The predicted molar refractivity (Wildman–Crippen MR) is 80.0 cm³/mol. The molecule has 3 heteroatoms. The Labute approximate surface area is 118 Å². The molecule has 0 radical (unpaired) electrons. The Hall–Kier alpha value is -0.540. The van der Waals surface area contributed by atoms with Gasteiger partial charge in [-0.15, -0.1) is 0 Å². The average molecular weight is 309 g/mol. The van der Waals surface area contributed by atoms with Gasteiger partial charge in [-0.05, 0) is 56.3 Å². The maximum atomic E-state index is 3.70. The molecule has 0 aromatic heterocycles. The summed E-state index contributed by atoms with van der Waals surface area (Å²) in [5.74, 6) is 0.960. The molecule has 98 valence electrons. The van der Waals surface area contributed by atoms with Crippen molar-refractivity contribution in [3.63, 3.8) is 0 Å². The van der Waals surface area contributed by atoms with Crippen LogP contribution in [0.25, 0.3) is 0 Å². The van der Waals surface area contributed by atoms with Crippen molar-refractivity contribution < 1.29 is 0 Å². The number of halogens is 1. The predicted octanol–water partition coefficient (Wildman–Crippen LogP) is 3.55. The smallest absolute Gasteiger partial charge is 0.0380 e. The molecule has 0 heterocycles. The number of rotatable bonds is 6. The topological polar surface area (TPSA) is 15.3 Å². The van der Waals surface area contributed by atoms with Gasteiger partial charge in [0.05, 0.1) is 0 Å². The van der Waals surface area contributed by atoms with Crippen LogP contribution in [-0.4, -0.2) is 19.6 Å². The van der Waals surface area contributed by atoms with Crippen LogP contribution in [0, 0.1) is 5.92 Å². The second-order valence-corrected chi connectivity index (χ2v) is 6.49. The third-order valence-corrected chi connectivity index (χ3v) is 4.61. The van der Waals surface area contributed by atoms with Gasteiger partial charge < -0.3 is 10.2 Å². The highest BCUT2D eigenvalue weighted by atomic mass is 79.9. The zero-order valence-corrected chi connectivity index (χ0v) is 12.5. The summed E-state index contributed by atoms with van der Waals surface area (Å²) in [6.45, 7) is 2.19. The maximum absolute atomic E-state index is 3.70. The first-order chi connectivity index (χ1) is 8.78. The second-order valence-electron chi connectivity index (χ2n) is 5.63. The van der Waals surface area contributed by atoms with Crippen molar-refractivity contribution in [2.45, 2.75) is 38.3 Å². The van der Waals surface area contributed by atoms with Crippen molar-refractivity contribution in [1.82, 2.24) is 5.32 Å². The highest BCUT2D eigenvalue weighted by Gasteiger charge is 2.33. The lowest BCUT2D eigenvalue weighted by Gasteiger charge is -2.25. The summed E-state index contributed by atoms with van der Waals surface area (Å²) in [7, 11) is 1.99. The van der Waals surface area contributed by atoms with Crippen molar-refractivity contribution >= 4 is 21.6 Å². The van der Waals surface area contributed by atoms with Crippen LogP contribution < -0.4 is 10.2 Å². The first-order valence-electron chi connectivity index (χ1n) is 6.97. The van der Waals surface area contributed by atoms with Gasteiger partial charge in [0.15, 0.2) is 0 Å². The van der Waals surface area contributed by atoms with Gasteiger partial charge in [0.2, 0.25) is 0 Å². The Morgan fingerprint density at radius 2 is 2.06 bits per heavy atom. The highest BCUT2D eigenvalue weighted by molar-refractivity contribution is 9.10. The number of hydrogen-bond donors (Lipinski definition) is 1. The Balaban J connectivity index is 1.77. The van der Waals surface area contributed by atoms with E-state index in [1.54, 1.807) is 0 Å². The largest absolute Gasteiger partial charge is 0.368 e. The van der Waals surface area contributed by atoms with Crippen molar-refractivity contribution in [2.24, 2.45) is 5.92 Å². The maximum Gasteiger partial charge on any atom is 0.0380 e. The molecule has 1 N–H and O–H groups in total. The number of hydrogen-bond acceptors (Lipinski definition) is 2. The van der Waals surface area contributed by atoms with Gasteiger partial charge in [0.1, 0.15) is 0 Å². The summed E-state index contributed by atoms with van der Waals surface area (Å²) in [6.07, 6.45) is 5.62. The lowest BCUT2D eigenvalue weighted by atomic mass is 10.2. The fourth-order valence-corrected chi connectivity index (χ4v) is 2.99. The molecular weight excluding hydrogens is 288 g/mol. The van der Waals surface area contributed by atoms with Crippen LogP contribution in [-0.2, 0) is 6.54 Å². The summed E-state index contributed by atoms with van der Waals surface area (Å²) in [6, 6.07) is 7.65. The van der Waals surface area contributed by atoms with Crippen LogP contribution in [0.15, 0.2) is 22.7 Å². The van der Waals surface area contributed by atoms with Crippen molar-refractivity contribution in [3.8, 4) is 0 Å². The fraction of sp³-hybridized carbons (Fsp3) is 0.600. The fourth-order valence-electron chi connectivity index (χ4n) is 2.48. The van der Waals surface area contributed by atoms with E-state index in [0.717, 1.165) is 18.5 Å². The molecule has 0 unspecified atom stereocenters. The van der Waals surface area contributed by atoms with Gasteiger partial charge in [-0.2, -0.15) is 0 Å². The van der Waals surface area contributed by atoms with Crippen molar-refractivity contribution in [2.75, 3.05) is 18.5 Å². The van der Waals surface area contributed by atoms with E-state index in [1.165, 1.54) is 48.0 Å². The van der Waals surface area contributed by atoms with Gasteiger partial charge in [-0.25, -0.2) is 0 Å². The minimum Gasteiger partial charge on any atom is -0.368 e. The number of nitrogens with zero attached hydrogens (tertiary/aromatic N) is 1. The minimum absolute atomic E-state index is 0.813. The molecule has 18 heavy (non-hydrogen) atoms. The molecule has 1 aromatic carbocycles. The van der Waals surface area contributed by atoms with Crippen LogP contribution in [0.2, 0.25) is 0 Å². The summed E-state index contributed by atoms with van der Waals surface area (Å²) in [4.78, 5) is 2.63. The van der Waals surface area contributed by atoms with E-state index in [2.05, 4.69) is 44.3 Å². The van der Waals surface area contributed by atoms with Gasteiger partial charge in [0.25, 0.3) is 0 Å². The molecule has 0 bridgehead atoms.